The highest BCUT2D eigenvalue weighted by Gasteiger charge is 2.75. The minimum Gasteiger partial charge on any atom is -0.507 e. The van der Waals surface area contributed by atoms with Crippen molar-refractivity contribution in [3.63, 3.8) is 0 Å². The molecule has 2 aliphatic heterocycles. The van der Waals surface area contributed by atoms with Gasteiger partial charge in [-0.2, -0.15) is 0 Å². The molecule has 9 heteroatoms. The van der Waals surface area contributed by atoms with Crippen LogP contribution in [0.5, 0.6) is 5.75 Å². The largest absolute Gasteiger partial charge is 0.507 e. The fraction of sp³-hybridized carbons (Fsp3) is 0.379. The molecule has 7 nitrogen and oxygen atoms in total. The summed E-state index contributed by atoms with van der Waals surface area (Å²) in [6.07, 6.45) is 2.16. The molecule has 38 heavy (non-hydrogen) atoms. The Morgan fingerprint density at radius 2 is 1.55 bits per heavy atom. The zero-order valence-corrected chi connectivity index (χ0v) is 22.6. The van der Waals surface area contributed by atoms with Gasteiger partial charge in [0.05, 0.1) is 17.5 Å². The number of alkyl halides is 2. The van der Waals surface area contributed by atoms with Crippen LogP contribution in [-0.4, -0.2) is 50.4 Å². The Labute approximate surface area is 230 Å². The number of anilines is 1. The molecule has 2 heterocycles. The number of fused-ring (bicyclic) bond motifs is 4. The van der Waals surface area contributed by atoms with E-state index in [9.17, 15) is 24.3 Å². The van der Waals surface area contributed by atoms with E-state index < -0.39 is 45.2 Å². The maximum Gasteiger partial charge on any atom is 0.253 e. The van der Waals surface area contributed by atoms with Crippen molar-refractivity contribution in [1.82, 2.24) is 4.90 Å². The Morgan fingerprint density at radius 1 is 0.921 bits per heavy atom. The number of imide groups is 2. The molecule has 0 aromatic heterocycles. The monoisotopic (exact) mass is 552 g/mol. The van der Waals surface area contributed by atoms with Gasteiger partial charge in [-0.05, 0) is 61.4 Å². The SMILES string of the molecule is Cc1cc(C2C3=CCC4C(=O)N(c5ccccc5)C(=O)C4C3CC3(Cl)C(=O)N(C)C(=O)C23Cl)cc(C)c1O. The number of hydrogen-bond donors (Lipinski definition) is 1. The normalized spacial score (nSPS) is 34.3. The second kappa shape index (κ2) is 8.17. The first-order chi connectivity index (χ1) is 17.9. The number of para-hydroxylation sites is 1. The summed E-state index contributed by atoms with van der Waals surface area (Å²) in [6.45, 7) is 3.49. The Kier molecular flexibility index (Phi) is 5.40. The molecule has 1 saturated carbocycles. The molecule has 2 saturated heterocycles. The molecule has 1 N–H and O–H groups in total. The van der Waals surface area contributed by atoms with Crippen molar-refractivity contribution < 1.29 is 24.3 Å². The summed E-state index contributed by atoms with van der Waals surface area (Å²) in [5, 5.41) is 10.4. The topological polar surface area (TPSA) is 95.0 Å². The summed E-state index contributed by atoms with van der Waals surface area (Å²) < 4.78 is 0. The van der Waals surface area contributed by atoms with Crippen molar-refractivity contribution >= 4 is 52.5 Å². The van der Waals surface area contributed by atoms with Crippen molar-refractivity contribution in [3.05, 3.63) is 70.8 Å². The number of hydrogen-bond acceptors (Lipinski definition) is 5. The van der Waals surface area contributed by atoms with Gasteiger partial charge in [-0.3, -0.25) is 29.0 Å². The van der Waals surface area contributed by atoms with E-state index in [1.807, 2.05) is 12.1 Å². The molecule has 4 amide bonds. The second-order valence-electron chi connectivity index (χ2n) is 10.8. The van der Waals surface area contributed by atoms with E-state index in [0.29, 0.717) is 28.8 Å². The molecule has 2 aromatic carbocycles. The maximum absolute atomic E-state index is 13.9. The highest BCUT2D eigenvalue weighted by molar-refractivity contribution is 6.53. The summed E-state index contributed by atoms with van der Waals surface area (Å²) in [5.74, 6) is -4.48. The van der Waals surface area contributed by atoms with Crippen molar-refractivity contribution in [3.8, 4) is 5.75 Å². The van der Waals surface area contributed by atoms with Gasteiger partial charge >= 0.3 is 0 Å². The molecule has 6 unspecified atom stereocenters. The predicted octanol–water partition coefficient (Wildman–Crippen LogP) is 4.20. The molecular formula is C29H26Cl2N2O5. The van der Waals surface area contributed by atoms with Gasteiger partial charge in [0.2, 0.25) is 11.8 Å². The van der Waals surface area contributed by atoms with Crippen LogP contribution in [-0.2, 0) is 19.2 Å². The number of nitrogens with zero attached hydrogens (tertiary/aromatic N) is 2. The Hall–Kier alpha value is -3.16. The van der Waals surface area contributed by atoms with Crippen LogP contribution in [0.3, 0.4) is 0 Å². The van der Waals surface area contributed by atoms with E-state index in [1.165, 1.54) is 11.9 Å². The van der Waals surface area contributed by atoms with Crippen molar-refractivity contribution in [2.24, 2.45) is 17.8 Å². The average molecular weight is 553 g/mol. The number of amides is 4. The number of rotatable bonds is 2. The summed E-state index contributed by atoms with van der Waals surface area (Å²) in [4.78, 5) is 53.1. The van der Waals surface area contributed by atoms with Gasteiger partial charge in [0.1, 0.15) is 5.75 Å². The molecule has 0 radical (unpaired) electrons. The summed E-state index contributed by atoms with van der Waals surface area (Å²) in [5.41, 5.74) is 3.03. The van der Waals surface area contributed by atoms with Crippen LogP contribution in [0.2, 0.25) is 0 Å². The Morgan fingerprint density at radius 3 is 2.18 bits per heavy atom. The number of aryl methyl sites for hydroxylation is 2. The standard InChI is InChI=1S/C29H26Cl2N2O5/c1-14-11-16(12-15(2)23(14)34)22-18-9-10-19-21(25(36)33(24(19)35)17-7-5-4-6-8-17)20(18)13-28(30)26(37)32(3)27(38)29(22,28)31/h4-9,11-12,19-22,34H,10,13H2,1-3H3. The molecule has 3 fully saturated rings. The quantitative estimate of drug-likeness (QED) is 0.342. The van der Waals surface area contributed by atoms with Crippen LogP contribution in [0.4, 0.5) is 5.69 Å². The Bertz CT molecular complexity index is 1450. The van der Waals surface area contributed by atoms with Gasteiger partial charge in [0.25, 0.3) is 11.8 Å². The molecule has 2 aromatic rings. The van der Waals surface area contributed by atoms with Crippen molar-refractivity contribution in [2.75, 3.05) is 11.9 Å². The molecule has 4 aliphatic rings. The first kappa shape index (κ1) is 25.1. The maximum atomic E-state index is 13.9. The lowest BCUT2D eigenvalue weighted by Gasteiger charge is -2.51. The third-order valence-corrected chi connectivity index (χ3v) is 10.3. The fourth-order valence-corrected chi connectivity index (χ4v) is 8.13. The fourth-order valence-electron chi connectivity index (χ4n) is 7.11. The number of allylic oxidation sites excluding steroid dienone is 2. The number of likely N-dealkylation sites (tertiary alicyclic amines) is 1. The second-order valence-corrected chi connectivity index (χ2v) is 12.1. The number of carbonyl (C=O) groups excluding carboxylic acids is 4. The van der Waals surface area contributed by atoms with Crippen LogP contribution < -0.4 is 4.90 Å². The van der Waals surface area contributed by atoms with Gasteiger partial charge in [0, 0.05) is 13.0 Å². The van der Waals surface area contributed by atoms with Gasteiger partial charge in [0.15, 0.2) is 9.75 Å². The number of carbonyl (C=O) groups is 4. The van der Waals surface area contributed by atoms with E-state index in [1.54, 1.807) is 50.2 Å². The molecule has 0 spiro atoms. The number of aromatic hydroxyl groups is 1. The number of phenolic OH excluding ortho intramolecular Hbond substituents is 1. The third-order valence-electron chi connectivity index (χ3n) is 8.88. The highest BCUT2D eigenvalue weighted by atomic mass is 35.5. The number of phenols is 1. The molecule has 196 valence electrons. The van der Waals surface area contributed by atoms with Crippen LogP contribution in [0.25, 0.3) is 0 Å². The summed E-state index contributed by atoms with van der Waals surface area (Å²) >= 11 is 14.4. The van der Waals surface area contributed by atoms with E-state index in [4.69, 9.17) is 23.2 Å². The van der Waals surface area contributed by atoms with Crippen LogP contribution >= 0.6 is 23.2 Å². The number of benzene rings is 2. The predicted molar refractivity (Wildman–Crippen MR) is 142 cm³/mol. The van der Waals surface area contributed by atoms with Crippen molar-refractivity contribution in [2.45, 2.75) is 42.4 Å². The van der Waals surface area contributed by atoms with Crippen LogP contribution in [0.15, 0.2) is 54.1 Å². The van der Waals surface area contributed by atoms with Gasteiger partial charge in [-0.25, -0.2) is 0 Å². The summed E-state index contributed by atoms with van der Waals surface area (Å²) in [6, 6.07) is 12.3. The molecule has 6 rings (SSSR count). The smallest absolute Gasteiger partial charge is 0.253 e. The van der Waals surface area contributed by atoms with Crippen molar-refractivity contribution in [1.29, 1.82) is 0 Å². The van der Waals surface area contributed by atoms with Gasteiger partial charge in [-0.15, -0.1) is 23.2 Å². The summed E-state index contributed by atoms with van der Waals surface area (Å²) in [7, 11) is 1.36. The molecular weight excluding hydrogens is 527 g/mol. The lowest BCUT2D eigenvalue weighted by Crippen LogP contribution is -2.60. The average Bonchev–Trinajstić information content (AvgIpc) is 3.22. The highest BCUT2D eigenvalue weighted by Crippen LogP contribution is 2.65. The number of halogens is 2. The lowest BCUT2D eigenvalue weighted by atomic mass is 9.56. The molecule has 2 aliphatic carbocycles. The zero-order chi connectivity index (χ0) is 27.3. The van der Waals surface area contributed by atoms with Crippen LogP contribution in [0, 0.1) is 31.6 Å². The van der Waals surface area contributed by atoms with E-state index >= 15 is 0 Å². The minimum absolute atomic E-state index is 0.0475. The molecule has 6 atom stereocenters. The zero-order valence-electron chi connectivity index (χ0n) is 21.1. The molecule has 0 bridgehead atoms. The first-order valence-corrected chi connectivity index (χ1v) is 13.3. The van der Waals surface area contributed by atoms with E-state index in [0.717, 1.165) is 10.5 Å². The van der Waals surface area contributed by atoms with Crippen LogP contribution in [0.1, 0.15) is 35.4 Å². The van der Waals surface area contributed by atoms with Gasteiger partial charge < -0.3 is 5.11 Å². The minimum atomic E-state index is -1.84. The Balaban J connectivity index is 1.55. The van der Waals surface area contributed by atoms with E-state index in [-0.39, 0.29) is 24.0 Å². The van der Waals surface area contributed by atoms with E-state index in [2.05, 4.69) is 0 Å². The lowest BCUT2D eigenvalue weighted by molar-refractivity contribution is -0.138. The van der Waals surface area contributed by atoms with Gasteiger partial charge in [-0.1, -0.05) is 42.0 Å². The third kappa shape index (κ3) is 2.97. The first-order valence-electron chi connectivity index (χ1n) is 12.6.